The van der Waals surface area contributed by atoms with Crippen molar-refractivity contribution in [3.05, 3.63) is 51.4 Å². The van der Waals surface area contributed by atoms with Crippen LogP contribution in [0.5, 0.6) is 0 Å². The van der Waals surface area contributed by atoms with Crippen LogP contribution in [-0.4, -0.2) is 46.5 Å². The summed E-state index contributed by atoms with van der Waals surface area (Å²) in [4.78, 5) is 31.6. The zero-order valence-corrected chi connectivity index (χ0v) is 16.8. The number of nitrogens with one attached hydrogen (secondary N) is 3. The van der Waals surface area contributed by atoms with E-state index < -0.39 is 17.4 Å². The van der Waals surface area contributed by atoms with Crippen LogP contribution in [0, 0.1) is 13.8 Å². The lowest BCUT2D eigenvalue weighted by Crippen LogP contribution is -2.43. The van der Waals surface area contributed by atoms with E-state index in [1.807, 2.05) is 36.9 Å². The van der Waals surface area contributed by atoms with E-state index in [0.29, 0.717) is 32.0 Å². The zero-order chi connectivity index (χ0) is 21.9. The van der Waals surface area contributed by atoms with Crippen LogP contribution in [0.3, 0.4) is 0 Å². The predicted molar refractivity (Wildman–Crippen MR) is 107 cm³/mol. The monoisotopic (exact) mass is 423 g/mol. The number of carbonyl (C=O) groups excluding carboxylic acids is 1. The number of rotatable bonds is 5. The van der Waals surface area contributed by atoms with Gasteiger partial charge in [0.25, 0.3) is 5.56 Å². The number of amides is 1. The molecule has 2 heterocycles. The summed E-state index contributed by atoms with van der Waals surface area (Å²) in [6, 6.07) is 6.10. The molecule has 1 amide bonds. The summed E-state index contributed by atoms with van der Waals surface area (Å²) in [6.07, 6.45) is -3.47. The molecule has 0 spiro atoms. The molecule has 0 bridgehead atoms. The SMILES string of the molecule is Cc1cccc(C)c1NC(=O)CN1CCC(Nc2nc(C(F)(F)F)cc(=O)[nH]2)CC1. The summed E-state index contributed by atoms with van der Waals surface area (Å²) in [5.41, 5.74) is 0.719. The van der Waals surface area contributed by atoms with Gasteiger partial charge in [0.2, 0.25) is 11.9 Å². The molecule has 0 aliphatic carbocycles. The molecule has 3 rings (SSSR count). The van der Waals surface area contributed by atoms with E-state index in [0.717, 1.165) is 16.8 Å². The topological polar surface area (TPSA) is 90.1 Å². The number of carbonyl (C=O) groups is 1. The largest absolute Gasteiger partial charge is 0.433 e. The fourth-order valence-corrected chi connectivity index (χ4v) is 3.49. The van der Waals surface area contributed by atoms with E-state index >= 15 is 0 Å². The Morgan fingerprint density at radius 3 is 2.47 bits per heavy atom. The first-order valence-electron chi connectivity index (χ1n) is 9.65. The molecule has 1 fully saturated rings. The van der Waals surface area contributed by atoms with Crippen molar-refractivity contribution >= 4 is 17.5 Å². The second kappa shape index (κ2) is 8.86. The van der Waals surface area contributed by atoms with Crippen molar-refractivity contribution in [1.29, 1.82) is 0 Å². The molecule has 30 heavy (non-hydrogen) atoms. The van der Waals surface area contributed by atoms with Crippen molar-refractivity contribution in [2.75, 3.05) is 30.3 Å². The third kappa shape index (κ3) is 5.59. The number of benzene rings is 1. The Morgan fingerprint density at radius 2 is 1.87 bits per heavy atom. The number of aromatic amines is 1. The molecular weight excluding hydrogens is 399 g/mol. The quantitative estimate of drug-likeness (QED) is 0.688. The smallest absolute Gasteiger partial charge is 0.353 e. The summed E-state index contributed by atoms with van der Waals surface area (Å²) in [7, 11) is 0. The molecule has 0 unspecified atom stereocenters. The molecule has 0 saturated carbocycles. The molecule has 1 saturated heterocycles. The van der Waals surface area contributed by atoms with E-state index in [-0.39, 0.29) is 24.4 Å². The van der Waals surface area contributed by atoms with Crippen LogP contribution in [0.25, 0.3) is 0 Å². The Morgan fingerprint density at radius 1 is 1.23 bits per heavy atom. The number of anilines is 2. The van der Waals surface area contributed by atoms with Crippen molar-refractivity contribution in [3.63, 3.8) is 0 Å². The molecule has 10 heteroatoms. The van der Waals surface area contributed by atoms with Crippen LogP contribution in [0.2, 0.25) is 0 Å². The normalized spacial score (nSPS) is 15.8. The Labute approximate surface area is 171 Å². The summed E-state index contributed by atoms with van der Waals surface area (Å²) in [5, 5.41) is 5.82. The van der Waals surface area contributed by atoms with Gasteiger partial charge in [-0.25, -0.2) is 4.98 Å². The number of likely N-dealkylation sites (tertiary alicyclic amines) is 1. The molecule has 1 aromatic carbocycles. The van der Waals surface area contributed by atoms with Crippen molar-refractivity contribution in [2.24, 2.45) is 0 Å². The predicted octanol–water partition coefficient (Wildman–Crippen LogP) is 2.92. The van der Waals surface area contributed by atoms with Crippen LogP contribution in [0.15, 0.2) is 29.1 Å². The minimum absolute atomic E-state index is 0.109. The first-order chi connectivity index (χ1) is 14.1. The number of hydrogen-bond donors (Lipinski definition) is 3. The number of halogens is 3. The second-order valence-electron chi connectivity index (χ2n) is 7.49. The highest BCUT2D eigenvalue weighted by atomic mass is 19.4. The maximum atomic E-state index is 12.8. The lowest BCUT2D eigenvalue weighted by molar-refractivity contribution is -0.141. The first kappa shape index (κ1) is 21.8. The van der Waals surface area contributed by atoms with Crippen LogP contribution >= 0.6 is 0 Å². The third-order valence-corrected chi connectivity index (χ3v) is 5.07. The number of para-hydroxylation sites is 1. The highest BCUT2D eigenvalue weighted by molar-refractivity contribution is 5.93. The van der Waals surface area contributed by atoms with Crippen LogP contribution in [-0.2, 0) is 11.0 Å². The first-order valence-corrected chi connectivity index (χ1v) is 9.65. The van der Waals surface area contributed by atoms with E-state index in [1.54, 1.807) is 0 Å². The van der Waals surface area contributed by atoms with Crippen LogP contribution < -0.4 is 16.2 Å². The van der Waals surface area contributed by atoms with Gasteiger partial charge in [0, 0.05) is 30.9 Å². The highest BCUT2D eigenvalue weighted by Gasteiger charge is 2.33. The van der Waals surface area contributed by atoms with Gasteiger partial charge in [-0.05, 0) is 37.8 Å². The van der Waals surface area contributed by atoms with Crippen LogP contribution in [0.4, 0.5) is 24.8 Å². The summed E-state index contributed by atoms with van der Waals surface area (Å²) in [6.45, 7) is 5.30. The highest BCUT2D eigenvalue weighted by Crippen LogP contribution is 2.27. The van der Waals surface area contributed by atoms with Gasteiger partial charge in [-0.15, -0.1) is 0 Å². The fraction of sp³-hybridized carbons (Fsp3) is 0.450. The minimum atomic E-state index is -4.68. The number of hydrogen-bond acceptors (Lipinski definition) is 5. The molecule has 0 radical (unpaired) electrons. The lowest BCUT2D eigenvalue weighted by atomic mass is 10.1. The van der Waals surface area contributed by atoms with Crippen molar-refractivity contribution in [1.82, 2.24) is 14.9 Å². The Balaban J connectivity index is 1.52. The summed E-state index contributed by atoms with van der Waals surface area (Å²) < 4.78 is 38.5. The number of alkyl halides is 3. The molecule has 1 aromatic heterocycles. The average Bonchev–Trinajstić information content (AvgIpc) is 2.65. The van der Waals surface area contributed by atoms with Crippen molar-refractivity contribution in [3.8, 4) is 0 Å². The fourth-order valence-electron chi connectivity index (χ4n) is 3.49. The molecular formula is C20H24F3N5O2. The van der Waals surface area contributed by atoms with E-state index in [4.69, 9.17) is 0 Å². The molecule has 3 N–H and O–H groups in total. The van der Waals surface area contributed by atoms with Gasteiger partial charge >= 0.3 is 6.18 Å². The molecule has 1 aliphatic heterocycles. The standard InChI is InChI=1S/C20H24F3N5O2/c1-12-4-3-5-13(2)18(12)26-17(30)11-28-8-6-14(7-9-28)24-19-25-15(20(21,22)23)10-16(29)27-19/h3-5,10,14H,6-9,11H2,1-2H3,(H,26,30)(H2,24,25,27,29). The number of aromatic nitrogens is 2. The second-order valence-corrected chi connectivity index (χ2v) is 7.49. The Bertz CT molecular complexity index is 945. The molecule has 1 aliphatic rings. The number of nitrogens with zero attached hydrogens (tertiary/aromatic N) is 2. The van der Waals surface area contributed by atoms with E-state index in [2.05, 4.69) is 20.6 Å². The van der Waals surface area contributed by atoms with Gasteiger partial charge in [-0.3, -0.25) is 19.5 Å². The van der Waals surface area contributed by atoms with Crippen molar-refractivity contribution in [2.45, 2.75) is 38.9 Å². The molecule has 2 aromatic rings. The van der Waals surface area contributed by atoms with Crippen molar-refractivity contribution < 1.29 is 18.0 Å². The van der Waals surface area contributed by atoms with E-state index in [9.17, 15) is 22.8 Å². The van der Waals surface area contributed by atoms with Gasteiger partial charge in [-0.1, -0.05) is 18.2 Å². The number of piperidine rings is 1. The Kier molecular flexibility index (Phi) is 6.45. The zero-order valence-electron chi connectivity index (χ0n) is 16.8. The van der Waals surface area contributed by atoms with Crippen LogP contribution in [0.1, 0.15) is 29.7 Å². The lowest BCUT2D eigenvalue weighted by Gasteiger charge is -2.32. The number of H-pyrrole nitrogens is 1. The van der Waals surface area contributed by atoms with Gasteiger partial charge in [0.05, 0.1) is 6.54 Å². The maximum absolute atomic E-state index is 12.8. The Hall–Kier alpha value is -2.88. The molecule has 162 valence electrons. The van der Waals surface area contributed by atoms with E-state index in [1.165, 1.54) is 0 Å². The van der Waals surface area contributed by atoms with Gasteiger partial charge < -0.3 is 10.6 Å². The minimum Gasteiger partial charge on any atom is -0.353 e. The van der Waals surface area contributed by atoms with Gasteiger partial charge in [-0.2, -0.15) is 13.2 Å². The van der Waals surface area contributed by atoms with Gasteiger partial charge in [0.1, 0.15) is 0 Å². The third-order valence-electron chi connectivity index (χ3n) is 5.07. The number of aryl methyl sites for hydroxylation is 2. The molecule has 7 nitrogen and oxygen atoms in total. The maximum Gasteiger partial charge on any atom is 0.433 e. The average molecular weight is 423 g/mol. The summed E-state index contributed by atoms with van der Waals surface area (Å²) in [5.74, 6) is -0.302. The summed E-state index contributed by atoms with van der Waals surface area (Å²) >= 11 is 0. The van der Waals surface area contributed by atoms with Gasteiger partial charge in [0.15, 0.2) is 5.69 Å². The molecule has 0 atom stereocenters.